The standard InChI is InChI=1S/C25H25ClN6O2/c1-2-16-8-10-17(11-9-16)14-32-23-21(29-30-32)24(33)28-22(27-23)19-6-4-12-31(15-19)25(34)18-5-3-7-20(26)13-18/h3,5,7-11,13,19H,2,4,6,12,14-15H2,1H3,(H,27,28,33). The molecule has 2 aromatic carbocycles. The predicted molar refractivity (Wildman–Crippen MR) is 130 cm³/mol. The number of aryl methyl sites for hydroxylation is 1. The minimum atomic E-state index is -0.314. The van der Waals surface area contributed by atoms with Gasteiger partial charge >= 0.3 is 0 Å². The smallest absolute Gasteiger partial charge is 0.281 e. The number of hydrogen-bond donors (Lipinski definition) is 1. The molecular weight excluding hydrogens is 452 g/mol. The van der Waals surface area contributed by atoms with Gasteiger partial charge in [0, 0.05) is 29.6 Å². The molecule has 0 saturated carbocycles. The Balaban J connectivity index is 1.41. The molecule has 4 aromatic rings. The van der Waals surface area contributed by atoms with E-state index in [2.05, 4.69) is 46.5 Å². The van der Waals surface area contributed by atoms with Crippen LogP contribution >= 0.6 is 11.6 Å². The van der Waals surface area contributed by atoms with Gasteiger partial charge < -0.3 is 9.88 Å². The van der Waals surface area contributed by atoms with Crippen LogP contribution in [0.15, 0.2) is 53.3 Å². The second-order valence-electron chi connectivity index (χ2n) is 8.64. The van der Waals surface area contributed by atoms with E-state index in [0.717, 1.165) is 24.8 Å². The van der Waals surface area contributed by atoms with Crippen molar-refractivity contribution < 1.29 is 4.79 Å². The number of aromatic amines is 1. The molecule has 34 heavy (non-hydrogen) atoms. The van der Waals surface area contributed by atoms with Crippen molar-refractivity contribution in [3.05, 3.63) is 86.4 Å². The third-order valence-corrected chi connectivity index (χ3v) is 6.56. The molecule has 0 radical (unpaired) electrons. The number of carbonyl (C=O) groups is 1. The number of rotatable bonds is 5. The Morgan fingerprint density at radius 2 is 1.97 bits per heavy atom. The topological polar surface area (TPSA) is 96.8 Å². The molecule has 0 spiro atoms. The second kappa shape index (κ2) is 9.38. The van der Waals surface area contributed by atoms with Crippen LogP contribution in [-0.4, -0.2) is 48.9 Å². The summed E-state index contributed by atoms with van der Waals surface area (Å²) in [5.74, 6) is 0.407. The van der Waals surface area contributed by atoms with Gasteiger partial charge in [0.25, 0.3) is 11.5 Å². The van der Waals surface area contributed by atoms with Crippen molar-refractivity contribution in [2.75, 3.05) is 13.1 Å². The lowest BCUT2D eigenvalue weighted by Gasteiger charge is -2.32. The quantitative estimate of drug-likeness (QED) is 0.472. The maximum absolute atomic E-state index is 13.0. The number of H-pyrrole nitrogens is 1. The zero-order chi connectivity index (χ0) is 23.7. The Bertz CT molecular complexity index is 1390. The van der Waals surface area contributed by atoms with E-state index in [-0.39, 0.29) is 22.9 Å². The van der Waals surface area contributed by atoms with E-state index >= 15 is 0 Å². The van der Waals surface area contributed by atoms with Gasteiger partial charge in [-0.15, -0.1) is 5.10 Å². The Morgan fingerprint density at radius 1 is 1.18 bits per heavy atom. The number of carbonyl (C=O) groups excluding carboxylic acids is 1. The lowest BCUT2D eigenvalue weighted by Crippen LogP contribution is -2.40. The van der Waals surface area contributed by atoms with Gasteiger partial charge in [0.2, 0.25) is 0 Å². The van der Waals surface area contributed by atoms with E-state index < -0.39 is 0 Å². The van der Waals surface area contributed by atoms with E-state index in [9.17, 15) is 9.59 Å². The van der Waals surface area contributed by atoms with E-state index in [1.807, 2.05) is 0 Å². The molecule has 1 unspecified atom stereocenters. The number of fused-ring (bicyclic) bond motifs is 1. The van der Waals surface area contributed by atoms with Crippen LogP contribution in [0, 0.1) is 0 Å². The lowest BCUT2D eigenvalue weighted by molar-refractivity contribution is 0.0704. The number of likely N-dealkylation sites (tertiary alicyclic amines) is 1. The highest BCUT2D eigenvalue weighted by molar-refractivity contribution is 6.30. The van der Waals surface area contributed by atoms with Gasteiger partial charge in [-0.3, -0.25) is 9.59 Å². The summed E-state index contributed by atoms with van der Waals surface area (Å²) >= 11 is 6.07. The van der Waals surface area contributed by atoms with Gasteiger partial charge in [0.05, 0.1) is 6.54 Å². The maximum atomic E-state index is 13.0. The Hall–Kier alpha value is -3.52. The summed E-state index contributed by atoms with van der Waals surface area (Å²) in [6.07, 6.45) is 2.62. The number of piperidine rings is 1. The highest BCUT2D eigenvalue weighted by Gasteiger charge is 2.28. The zero-order valence-corrected chi connectivity index (χ0v) is 19.6. The average Bonchev–Trinajstić information content (AvgIpc) is 3.27. The fourth-order valence-corrected chi connectivity index (χ4v) is 4.62. The normalized spacial score (nSPS) is 16.2. The summed E-state index contributed by atoms with van der Waals surface area (Å²) in [5, 5.41) is 8.76. The fourth-order valence-electron chi connectivity index (χ4n) is 4.43. The molecule has 1 N–H and O–H groups in total. The molecule has 9 heteroatoms. The summed E-state index contributed by atoms with van der Waals surface area (Å²) in [4.78, 5) is 35.2. The van der Waals surface area contributed by atoms with Crippen LogP contribution in [0.3, 0.4) is 0 Å². The highest BCUT2D eigenvalue weighted by atomic mass is 35.5. The summed E-state index contributed by atoms with van der Waals surface area (Å²) in [6.45, 7) is 3.72. The monoisotopic (exact) mass is 476 g/mol. The van der Waals surface area contributed by atoms with Gasteiger partial charge in [-0.25, -0.2) is 9.67 Å². The van der Waals surface area contributed by atoms with Crippen LogP contribution in [0.5, 0.6) is 0 Å². The highest BCUT2D eigenvalue weighted by Crippen LogP contribution is 2.26. The summed E-state index contributed by atoms with van der Waals surface area (Å²) in [7, 11) is 0. The third kappa shape index (κ3) is 4.46. The first-order valence-electron chi connectivity index (χ1n) is 11.5. The lowest BCUT2D eigenvalue weighted by atomic mass is 9.96. The molecule has 0 aliphatic carbocycles. The number of aromatic nitrogens is 5. The molecule has 2 aromatic heterocycles. The zero-order valence-electron chi connectivity index (χ0n) is 18.9. The van der Waals surface area contributed by atoms with Crippen molar-refractivity contribution >= 4 is 28.7 Å². The summed E-state index contributed by atoms with van der Waals surface area (Å²) < 4.78 is 1.66. The number of nitrogens with zero attached hydrogens (tertiary/aromatic N) is 5. The molecule has 174 valence electrons. The first-order valence-corrected chi connectivity index (χ1v) is 11.9. The molecule has 1 atom stereocenters. The molecule has 1 aliphatic heterocycles. The molecule has 5 rings (SSSR count). The van der Waals surface area contributed by atoms with Crippen LogP contribution in [-0.2, 0) is 13.0 Å². The molecule has 3 heterocycles. The number of hydrogen-bond acceptors (Lipinski definition) is 5. The minimum absolute atomic E-state index is 0.0714. The van der Waals surface area contributed by atoms with Gasteiger partial charge in [-0.1, -0.05) is 54.1 Å². The molecule has 0 bridgehead atoms. The van der Waals surface area contributed by atoms with Crippen molar-refractivity contribution in [3.8, 4) is 0 Å². The van der Waals surface area contributed by atoms with Crippen LogP contribution in [0.25, 0.3) is 11.2 Å². The Morgan fingerprint density at radius 3 is 2.74 bits per heavy atom. The largest absolute Gasteiger partial charge is 0.338 e. The van der Waals surface area contributed by atoms with Crippen molar-refractivity contribution in [3.63, 3.8) is 0 Å². The number of halogens is 1. The van der Waals surface area contributed by atoms with E-state index in [1.54, 1.807) is 33.8 Å². The van der Waals surface area contributed by atoms with Gasteiger partial charge in [-0.2, -0.15) is 0 Å². The predicted octanol–water partition coefficient (Wildman–Crippen LogP) is 3.80. The first-order chi connectivity index (χ1) is 16.5. The second-order valence-corrected chi connectivity index (χ2v) is 9.08. The number of nitrogens with one attached hydrogen (secondary N) is 1. The molecule has 1 amide bonds. The molecule has 8 nitrogen and oxygen atoms in total. The molecular formula is C25H25ClN6O2. The summed E-state index contributed by atoms with van der Waals surface area (Å²) in [5.41, 5.74) is 3.24. The molecule has 1 aliphatic rings. The van der Waals surface area contributed by atoms with Gasteiger partial charge in [-0.05, 0) is 48.6 Å². The first kappa shape index (κ1) is 22.3. The van der Waals surface area contributed by atoms with Crippen LogP contribution in [0.1, 0.15) is 53.0 Å². The maximum Gasteiger partial charge on any atom is 0.281 e. The van der Waals surface area contributed by atoms with Gasteiger partial charge in [0.1, 0.15) is 5.82 Å². The number of amides is 1. The van der Waals surface area contributed by atoms with E-state index in [4.69, 9.17) is 16.6 Å². The van der Waals surface area contributed by atoms with Crippen LogP contribution in [0.2, 0.25) is 5.02 Å². The van der Waals surface area contributed by atoms with Crippen molar-refractivity contribution in [1.29, 1.82) is 0 Å². The van der Waals surface area contributed by atoms with E-state index in [0.29, 0.717) is 41.7 Å². The average molecular weight is 477 g/mol. The Labute approximate surface area is 201 Å². The third-order valence-electron chi connectivity index (χ3n) is 6.32. The van der Waals surface area contributed by atoms with Crippen molar-refractivity contribution in [2.24, 2.45) is 0 Å². The van der Waals surface area contributed by atoms with Gasteiger partial charge in [0.15, 0.2) is 11.2 Å². The minimum Gasteiger partial charge on any atom is -0.338 e. The fraction of sp³-hybridized carbons (Fsp3) is 0.320. The number of benzene rings is 2. The molecule has 1 saturated heterocycles. The van der Waals surface area contributed by atoms with E-state index in [1.165, 1.54) is 5.56 Å². The Kier molecular flexibility index (Phi) is 6.15. The van der Waals surface area contributed by atoms with Crippen LogP contribution in [0.4, 0.5) is 0 Å². The summed E-state index contributed by atoms with van der Waals surface area (Å²) in [6, 6.07) is 15.3. The molecule has 1 fully saturated rings. The SMILES string of the molecule is CCc1ccc(Cn2nnc3c(=O)[nH]c(C4CCCN(C(=O)c5cccc(Cl)c5)C4)nc32)cc1. The van der Waals surface area contributed by atoms with Crippen molar-refractivity contribution in [1.82, 2.24) is 29.9 Å². The van der Waals surface area contributed by atoms with Crippen molar-refractivity contribution in [2.45, 2.75) is 38.6 Å². The van der Waals surface area contributed by atoms with Crippen LogP contribution < -0.4 is 5.56 Å².